The Morgan fingerprint density at radius 3 is 1.57 bits per heavy atom. The van der Waals surface area contributed by atoms with Gasteiger partial charge in [-0.3, -0.25) is 0 Å². The molecule has 0 spiro atoms. The molecule has 0 bridgehead atoms. The second-order valence-electron chi connectivity index (χ2n) is 4.67. The highest BCUT2D eigenvalue weighted by molar-refractivity contribution is 5.39. The highest BCUT2D eigenvalue weighted by Gasteiger charge is 2.42. The van der Waals surface area contributed by atoms with Crippen LogP contribution in [0.3, 0.4) is 0 Å². The van der Waals surface area contributed by atoms with E-state index in [9.17, 15) is 0 Å². The molecule has 0 unspecified atom stereocenters. The second kappa shape index (κ2) is 3.09. The summed E-state index contributed by atoms with van der Waals surface area (Å²) in [5.74, 6) is 0. The molecular weight excluding hydrogens is 172 g/mol. The first-order valence-corrected chi connectivity index (χ1v) is 4.74. The average molecular weight is 192 g/mol. The Hall–Kier alpha value is -0.820. The normalized spacial score (nSPS) is 21.1. The van der Waals surface area contributed by atoms with Crippen LogP contribution in [0.2, 0.25) is 0 Å². The lowest BCUT2D eigenvalue weighted by molar-refractivity contribution is -0.105. The first kappa shape index (κ1) is 11.3. The predicted octanol–water partition coefficient (Wildman–Crippen LogP) is 3.82. The Balaban J connectivity index is 0.000000980. The molecule has 0 fully saturated rings. The first-order valence-electron chi connectivity index (χ1n) is 4.74. The maximum absolute atomic E-state index is 6.01. The van der Waals surface area contributed by atoms with Gasteiger partial charge >= 0.3 is 0 Å². The van der Waals surface area contributed by atoms with E-state index in [1.54, 1.807) is 0 Å². The third-order valence-electron chi connectivity index (χ3n) is 2.73. The molecule has 0 saturated carbocycles. The molecule has 1 aliphatic heterocycles. The van der Waals surface area contributed by atoms with Gasteiger partial charge in [-0.05, 0) is 38.8 Å². The molecule has 1 aromatic carbocycles. The minimum Gasteiger partial charge on any atom is -0.360 e. The summed E-state index contributed by atoms with van der Waals surface area (Å²) in [6, 6.07) is 8.46. The maximum atomic E-state index is 6.01. The van der Waals surface area contributed by atoms with E-state index in [2.05, 4.69) is 52.0 Å². The van der Waals surface area contributed by atoms with Crippen molar-refractivity contribution in [1.82, 2.24) is 0 Å². The van der Waals surface area contributed by atoms with E-state index in [0.717, 1.165) is 0 Å². The van der Waals surface area contributed by atoms with Crippen LogP contribution in [0.4, 0.5) is 0 Å². The molecule has 1 aliphatic rings. The van der Waals surface area contributed by atoms with Crippen LogP contribution in [0.1, 0.15) is 46.2 Å². The number of ether oxygens (including phenoxy) is 1. The van der Waals surface area contributed by atoms with Crippen LogP contribution in [0.25, 0.3) is 0 Å². The van der Waals surface area contributed by atoms with Crippen molar-refractivity contribution >= 4 is 0 Å². The van der Waals surface area contributed by atoms with Crippen LogP contribution in [-0.2, 0) is 15.9 Å². The highest BCUT2D eigenvalue weighted by atomic mass is 16.5. The monoisotopic (exact) mass is 192 g/mol. The van der Waals surface area contributed by atoms with Crippen molar-refractivity contribution in [3.63, 3.8) is 0 Å². The zero-order chi connectivity index (χ0) is 9.69. The molecular formula is C13H20O. The van der Waals surface area contributed by atoms with Gasteiger partial charge in [-0.1, -0.05) is 31.7 Å². The Morgan fingerprint density at radius 2 is 1.21 bits per heavy atom. The summed E-state index contributed by atoms with van der Waals surface area (Å²) >= 11 is 0. The third kappa shape index (κ3) is 1.46. The SMILES string of the molecule is C.CC1(C)OC(C)(C)c2ccccc21. The molecule has 0 aromatic heterocycles. The molecule has 1 heterocycles. The molecule has 0 aliphatic carbocycles. The standard InChI is InChI=1S/C12H16O.CH4/c1-11(2)9-7-5-6-8-10(9)12(3,4)13-11;/h5-8H,1-4H3;1H4. The molecule has 0 radical (unpaired) electrons. The Kier molecular flexibility index (Phi) is 2.49. The number of fused-ring (bicyclic) bond motifs is 1. The number of hydrogen-bond acceptors (Lipinski definition) is 1. The van der Waals surface area contributed by atoms with Gasteiger partial charge in [0.05, 0.1) is 11.2 Å². The third-order valence-corrected chi connectivity index (χ3v) is 2.73. The smallest absolute Gasteiger partial charge is 0.0890 e. The summed E-state index contributed by atoms with van der Waals surface area (Å²) in [7, 11) is 0. The van der Waals surface area contributed by atoms with Gasteiger partial charge in [0, 0.05) is 0 Å². The molecule has 0 atom stereocenters. The lowest BCUT2D eigenvalue weighted by atomic mass is 9.91. The van der Waals surface area contributed by atoms with Crippen molar-refractivity contribution < 1.29 is 4.74 Å². The van der Waals surface area contributed by atoms with Gasteiger partial charge < -0.3 is 4.74 Å². The first-order chi connectivity index (χ1) is 5.93. The van der Waals surface area contributed by atoms with Gasteiger partial charge in [-0.15, -0.1) is 0 Å². The quantitative estimate of drug-likeness (QED) is 0.607. The minimum absolute atomic E-state index is 0. The van der Waals surface area contributed by atoms with E-state index in [4.69, 9.17) is 4.74 Å². The molecule has 0 saturated heterocycles. The number of hydrogen-bond donors (Lipinski definition) is 0. The van der Waals surface area contributed by atoms with Crippen molar-refractivity contribution in [3.05, 3.63) is 35.4 Å². The summed E-state index contributed by atoms with van der Waals surface area (Å²) < 4.78 is 6.01. The average Bonchev–Trinajstić information content (AvgIpc) is 2.20. The summed E-state index contributed by atoms with van der Waals surface area (Å²) in [5.41, 5.74) is 2.36. The Morgan fingerprint density at radius 1 is 0.857 bits per heavy atom. The van der Waals surface area contributed by atoms with E-state index < -0.39 is 0 Å². The van der Waals surface area contributed by atoms with E-state index in [1.807, 2.05) is 0 Å². The van der Waals surface area contributed by atoms with Crippen molar-refractivity contribution in [3.8, 4) is 0 Å². The van der Waals surface area contributed by atoms with Crippen LogP contribution < -0.4 is 0 Å². The van der Waals surface area contributed by atoms with E-state index in [1.165, 1.54) is 11.1 Å². The molecule has 2 rings (SSSR count). The lowest BCUT2D eigenvalue weighted by Crippen LogP contribution is -2.22. The number of rotatable bonds is 0. The summed E-state index contributed by atoms with van der Waals surface area (Å²) in [6.07, 6.45) is 0. The lowest BCUT2D eigenvalue weighted by Gasteiger charge is -2.24. The maximum Gasteiger partial charge on any atom is 0.0890 e. The van der Waals surface area contributed by atoms with Gasteiger partial charge in [0.2, 0.25) is 0 Å². The molecule has 0 amide bonds. The molecule has 1 heteroatoms. The van der Waals surface area contributed by atoms with E-state index in [0.29, 0.717) is 0 Å². The fraction of sp³-hybridized carbons (Fsp3) is 0.538. The fourth-order valence-electron chi connectivity index (χ4n) is 2.28. The van der Waals surface area contributed by atoms with E-state index >= 15 is 0 Å². The Labute approximate surface area is 87.1 Å². The minimum atomic E-state index is -0.139. The van der Waals surface area contributed by atoms with Crippen LogP contribution in [0, 0.1) is 0 Å². The van der Waals surface area contributed by atoms with Crippen molar-refractivity contribution in [2.45, 2.75) is 46.3 Å². The molecule has 1 nitrogen and oxygen atoms in total. The van der Waals surface area contributed by atoms with Crippen molar-refractivity contribution in [1.29, 1.82) is 0 Å². The molecule has 1 aromatic rings. The zero-order valence-corrected chi connectivity index (χ0v) is 8.72. The fourth-order valence-corrected chi connectivity index (χ4v) is 2.28. The van der Waals surface area contributed by atoms with Gasteiger partial charge in [0.15, 0.2) is 0 Å². The van der Waals surface area contributed by atoms with Crippen LogP contribution in [-0.4, -0.2) is 0 Å². The summed E-state index contributed by atoms with van der Waals surface area (Å²) in [5, 5.41) is 0. The largest absolute Gasteiger partial charge is 0.360 e. The van der Waals surface area contributed by atoms with Gasteiger partial charge in [-0.2, -0.15) is 0 Å². The van der Waals surface area contributed by atoms with Crippen molar-refractivity contribution in [2.75, 3.05) is 0 Å². The molecule has 14 heavy (non-hydrogen) atoms. The van der Waals surface area contributed by atoms with Crippen molar-refractivity contribution in [2.24, 2.45) is 0 Å². The highest BCUT2D eigenvalue weighted by Crippen LogP contribution is 2.46. The Bertz CT molecular complexity index is 304. The molecule has 78 valence electrons. The predicted molar refractivity (Wildman–Crippen MR) is 60.3 cm³/mol. The van der Waals surface area contributed by atoms with Crippen LogP contribution >= 0.6 is 0 Å². The second-order valence-corrected chi connectivity index (χ2v) is 4.67. The van der Waals surface area contributed by atoms with Crippen LogP contribution in [0.15, 0.2) is 24.3 Å². The number of benzene rings is 1. The van der Waals surface area contributed by atoms with E-state index in [-0.39, 0.29) is 18.6 Å². The summed E-state index contributed by atoms with van der Waals surface area (Å²) in [6.45, 7) is 8.50. The zero-order valence-electron chi connectivity index (χ0n) is 8.72. The summed E-state index contributed by atoms with van der Waals surface area (Å²) in [4.78, 5) is 0. The van der Waals surface area contributed by atoms with Gasteiger partial charge in [0.25, 0.3) is 0 Å². The van der Waals surface area contributed by atoms with Gasteiger partial charge in [0.1, 0.15) is 0 Å². The van der Waals surface area contributed by atoms with Crippen LogP contribution in [0.5, 0.6) is 0 Å². The van der Waals surface area contributed by atoms with Gasteiger partial charge in [-0.25, -0.2) is 0 Å². The molecule has 0 N–H and O–H groups in total. The topological polar surface area (TPSA) is 9.23 Å².